The third-order valence-corrected chi connectivity index (χ3v) is 6.65. The Morgan fingerprint density at radius 3 is 2.41 bits per heavy atom. The van der Waals surface area contributed by atoms with E-state index in [9.17, 15) is 18.0 Å². The summed E-state index contributed by atoms with van der Waals surface area (Å²) < 4.78 is 45.2. The van der Waals surface area contributed by atoms with E-state index in [4.69, 9.17) is 4.74 Å². The summed E-state index contributed by atoms with van der Waals surface area (Å²) >= 11 is 0. The minimum absolute atomic E-state index is 0.0919. The van der Waals surface area contributed by atoms with Crippen molar-refractivity contribution in [3.05, 3.63) is 65.2 Å². The van der Waals surface area contributed by atoms with Gasteiger partial charge in [-0.1, -0.05) is 24.6 Å². The topological polar surface area (TPSA) is 32.8 Å². The van der Waals surface area contributed by atoms with Crippen molar-refractivity contribution in [2.24, 2.45) is 5.92 Å². The molecule has 4 nitrogen and oxygen atoms in total. The molecule has 2 heterocycles. The first kappa shape index (κ1) is 22.6. The first-order valence-corrected chi connectivity index (χ1v) is 11.2. The SMILES string of the molecule is COc1ccc(C(=O)N2CC(CN3CCCCC3)C(c3cccc(C(F)(F)F)c3)C2)cc1. The summed E-state index contributed by atoms with van der Waals surface area (Å²) in [6.07, 6.45) is -0.860. The summed E-state index contributed by atoms with van der Waals surface area (Å²) in [7, 11) is 1.57. The van der Waals surface area contributed by atoms with E-state index in [-0.39, 0.29) is 17.7 Å². The molecule has 2 saturated heterocycles. The van der Waals surface area contributed by atoms with Crippen LogP contribution in [0.4, 0.5) is 13.2 Å². The van der Waals surface area contributed by atoms with Crippen LogP contribution in [-0.4, -0.2) is 55.5 Å². The van der Waals surface area contributed by atoms with Crippen LogP contribution in [0.2, 0.25) is 0 Å². The zero-order valence-corrected chi connectivity index (χ0v) is 18.3. The van der Waals surface area contributed by atoms with Crippen LogP contribution in [0.25, 0.3) is 0 Å². The Kier molecular flexibility index (Phi) is 6.74. The van der Waals surface area contributed by atoms with E-state index in [1.165, 1.54) is 18.6 Å². The van der Waals surface area contributed by atoms with E-state index in [1.54, 1.807) is 42.3 Å². The number of halogens is 3. The Morgan fingerprint density at radius 1 is 1.03 bits per heavy atom. The molecule has 0 N–H and O–H groups in total. The molecule has 4 rings (SSSR count). The minimum Gasteiger partial charge on any atom is -0.497 e. The highest BCUT2D eigenvalue weighted by atomic mass is 19.4. The van der Waals surface area contributed by atoms with E-state index < -0.39 is 11.7 Å². The van der Waals surface area contributed by atoms with E-state index in [0.717, 1.165) is 38.5 Å². The second-order valence-corrected chi connectivity index (χ2v) is 8.79. The number of likely N-dealkylation sites (tertiary alicyclic amines) is 2. The normalized spacial score (nSPS) is 22.2. The van der Waals surface area contributed by atoms with Gasteiger partial charge in [0.2, 0.25) is 0 Å². The van der Waals surface area contributed by atoms with Crippen molar-refractivity contribution in [2.45, 2.75) is 31.4 Å². The largest absolute Gasteiger partial charge is 0.497 e. The van der Waals surface area contributed by atoms with Gasteiger partial charge in [-0.2, -0.15) is 13.2 Å². The van der Waals surface area contributed by atoms with E-state index >= 15 is 0 Å². The highest BCUT2D eigenvalue weighted by Gasteiger charge is 2.39. The van der Waals surface area contributed by atoms with Crippen molar-refractivity contribution in [2.75, 3.05) is 39.8 Å². The van der Waals surface area contributed by atoms with Crippen molar-refractivity contribution in [3.63, 3.8) is 0 Å². The number of methoxy groups -OCH3 is 1. The zero-order chi connectivity index (χ0) is 22.7. The van der Waals surface area contributed by atoms with E-state index in [2.05, 4.69) is 4.90 Å². The van der Waals surface area contributed by atoms with Gasteiger partial charge in [-0.25, -0.2) is 0 Å². The predicted octanol–water partition coefficient (Wildman–Crippen LogP) is 5.06. The molecule has 1 amide bonds. The molecule has 172 valence electrons. The number of carbonyl (C=O) groups is 1. The van der Waals surface area contributed by atoms with Crippen LogP contribution in [0.15, 0.2) is 48.5 Å². The first-order chi connectivity index (χ1) is 15.3. The maximum absolute atomic E-state index is 13.3. The second-order valence-electron chi connectivity index (χ2n) is 8.79. The Balaban J connectivity index is 1.58. The molecule has 7 heteroatoms. The number of hydrogen-bond acceptors (Lipinski definition) is 3. The van der Waals surface area contributed by atoms with Gasteiger partial charge in [-0.05, 0) is 67.7 Å². The number of nitrogens with zero attached hydrogens (tertiary/aromatic N) is 2. The van der Waals surface area contributed by atoms with Crippen LogP contribution in [0, 0.1) is 5.92 Å². The Bertz CT molecular complexity index is 924. The molecule has 0 radical (unpaired) electrons. The summed E-state index contributed by atoms with van der Waals surface area (Å²) in [5, 5.41) is 0. The van der Waals surface area contributed by atoms with Gasteiger partial charge >= 0.3 is 6.18 Å². The Labute approximate surface area is 187 Å². The molecule has 2 fully saturated rings. The quantitative estimate of drug-likeness (QED) is 0.644. The minimum atomic E-state index is -4.38. The van der Waals surface area contributed by atoms with Crippen molar-refractivity contribution in [1.29, 1.82) is 0 Å². The van der Waals surface area contributed by atoms with Crippen LogP contribution in [0.1, 0.15) is 46.7 Å². The fourth-order valence-corrected chi connectivity index (χ4v) is 4.94. The van der Waals surface area contributed by atoms with Crippen LogP contribution in [0.3, 0.4) is 0 Å². The van der Waals surface area contributed by atoms with Crippen LogP contribution in [-0.2, 0) is 6.18 Å². The van der Waals surface area contributed by atoms with Gasteiger partial charge < -0.3 is 14.5 Å². The molecular weight excluding hydrogens is 417 g/mol. The summed E-state index contributed by atoms with van der Waals surface area (Å²) in [6, 6.07) is 12.6. The lowest BCUT2D eigenvalue weighted by molar-refractivity contribution is -0.137. The molecule has 2 aromatic rings. The van der Waals surface area contributed by atoms with Gasteiger partial charge in [0.15, 0.2) is 0 Å². The fraction of sp³-hybridized carbons (Fsp3) is 0.480. The molecule has 0 aromatic heterocycles. The highest BCUT2D eigenvalue weighted by Crippen LogP contribution is 2.37. The number of hydrogen-bond donors (Lipinski definition) is 0. The van der Waals surface area contributed by atoms with Crippen LogP contribution < -0.4 is 4.74 Å². The van der Waals surface area contributed by atoms with Crippen molar-refractivity contribution < 1.29 is 22.7 Å². The van der Waals surface area contributed by atoms with Gasteiger partial charge in [-0.15, -0.1) is 0 Å². The number of carbonyl (C=O) groups excluding carboxylic acids is 1. The lowest BCUT2D eigenvalue weighted by Crippen LogP contribution is -2.36. The number of ether oxygens (including phenoxy) is 1. The van der Waals surface area contributed by atoms with Gasteiger partial charge in [-0.3, -0.25) is 4.79 Å². The van der Waals surface area contributed by atoms with Gasteiger partial charge in [0, 0.05) is 31.1 Å². The number of piperidine rings is 1. The summed E-state index contributed by atoms with van der Waals surface area (Å²) in [4.78, 5) is 17.4. The Hall–Kier alpha value is -2.54. The molecule has 2 aliphatic rings. The third-order valence-electron chi connectivity index (χ3n) is 6.65. The summed E-state index contributed by atoms with van der Waals surface area (Å²) in [5.41, 5.74) is 0.589. The summed E-state index contributed by atoms with van der Waals surface area (Å²) in [6.45, 7) is 3.79. The van der Waals surface area contributed by atoms with Crippen molar-refractivity contribution >= 4 is 5.91 Å². The predicted molar refractivity (Wildman–Crippen MR) is 117 cm³/mol. The van der Waals surface area contributed by atoms with Gasteiger partial charge in [0.25, 0.3) is 5.91 Å². The van der Waals surface area contributed by atoms with Crippen molar-refractivity contribution in [3.8, 4) is 5.75 Å². The molecule has 0 bridgehead atoms. The van der Waals surface area contributed by atoms with Crippen LogP contribution in [0.5, 0.6) is 5.75 Å². The lowest BCUT2D eigenvalue weighted by atomic mass is 9.87. The summed E-state index contributed by atoms with van der Waals surface area (Å²) in [5.74, 6) is 0.554. The van der Waals surface area contributed by atoms with Gasteiger partial charge in [0.05, 0.1) is 12.7 Å². The van der Waals surface area contributed by atoms with Crippen LogP contribution >= 0.6 is 0 Å². The van der Waals surface area contributed by atoms with Gasteiger partial charge in [0.1, 0.15) is 5.75 Å². The maximum Gasteiger partial charge on any atom is 0.416 e. The lowest BCUT2D eigenvalue weighted by Gasteiger charge is -2.31. The van der Waals surface area contributed by atoms with Crippen molar-refractivity contribution in [1.82, 2.24) is 9.80 Å². The zero-order valence-electron chi connectivity index (χ0n) is 18.3. The maximum atomic E-state index is 13.3. The molecular formula is C25H29F3N2O2. The third kappa shape index (κ3) is 5.09. The molecule has 32 heavy (non-hydrogen) atoms. The standard InChI is InChI=1S/C25H29F3N2O2/c1-32-22-10-8-18(9-11-22)24(31)30-16-20(15-29-12-3-2-4-13-29)23(17-30)19-6-5-7-21(14-19)25(26,27)28/h5-11,14,20,23H,2-4,12-13,15-17H2,1H3. The molecule has 0 aliphatic carbocycles. The smallest absolute Gasteiger partial charge is 0.416 e. The fourth-order valence-electron chi connectivity index (χ4n) is 4.94. The Morgan fingerprint density at radius 2 is 1.75 bits per heavy atom. The molecule has 2 atom stereocenters. The molecule has 2 aliphatic heterocycles. The number of alkyl halides is 3. The van der Waals surface area contributed by atoms with E-state index in [1.807, 2.05) is 0 Å². The second kappa shape index (κ2) is 9.53. The van der Waals surface area contributed by atoms with E-state index in [0.29, 0.717) is 30.0 Å². The first-order valence-electron chi connectivity index (χ1n) is 11.2. The highest BCUT2D eigenvalue weighted by molar-refractivity contribution is 5.94. The molecule has 2 aromatic carbocycles. The number of amides is 1. The number of rotatable bonds is 5. The molecule has 0 saturated carbocycles. The average Bonchev–Trinajstić information content (AvgIpc) is 3.22. The monoisotopic (exact) mass is 446 g/mol. The molecule has 2 unspecified atom stereocenters. The average molecular weight is 447 g/mol. The number of benzene rings is 2. The molecule has 0 spiro atoms.